The quantitative estimate of drug-likeness (QED) is 0.584. The van der Waals surface area contributed by atoms with Crippen LogP contribution in [0, 0.1) is 11.7 Å². The average molecular weight is 481 g/mol. The van der Waals surface area contributed by atoms with E-state index in [1.54, 1.807) is 19.3 Å². The topological polar surface area (TPSA) is 102 Å². The molecule has 1 N–H and O–H groups in total. The zero-order valence-electron chi connectivity index (χ0n) is 17.3. The third-order valence-electron chi connectivity index (χ3n) is 5.36. The summed E-state index contributed by atoms with van der Waals surface area (Å²) in [7, 11) is -2.07. The van der Waals surface area contributed by atoms with E-state index in [4.69, 9.17) is 11.6 Å². The van der Waals surface area contributed by atoms with Crippen LogP contribution in [-0.2, 0) is 28.4 Å². The van der Waals surface area contributed by atoms with Crippen molar-refractivity contribution in [2.45, 2.75) is 24.3 Å². The largest absolute Gasteiger partial charge is 0.323 e. The first-order chi connectivity index (χ1) is 15.2. The third-order valence-corrected chi connectivity index (χ3v) is 7.53. The molecule has 1 aliphatic heterocycles. The third kappa shape index (κ3) is 4.69. The lowest BCUT2D eigenvalue weighted by Crippen LogP contribution is -2.43. The summed E-state index contributed by atoms with van der Waals surface area (Å²) in [6, 6.07) is 4.44. The Morgan fingerprint density at radius 1 is 1.28 bits per heavy atom. The zero-order chi connectivity index (χ0) is 22.9. The minimum Gasteiger partial charge on any atom is -0.323 e. The van der Waals surface area contributed by atoms with Crippen LogP contribution in [0.1, 0.15) is 18.4 Å². The first-order valence-electron chi connectivity index (χ1n) is 9.99. The van der Waals surface area contributed by atoms with Gasteiger partial charge in [0.05, 0.1) is 30.5 Å². The van der Waals surface area contributed by atoms with E-state index >= 15 is 0 Å². The van der Waals surface area contributed by atoms with Crippen molar-refractivity contribution < 1.29 is 17.6 Å². The highest BCUT2D eigenvalue weighted by Gasteiger charge is 2.34. The van der Waals surface area contributed by atoms with Gasteiger partial charge in [0.25, 0.3) is 0 Å². The predicted molar refractivity (Wildman–Crippen MR) is 116 cm³/mol. The minimum atomic E-state index is -3.71. The molecule has 1 amide bonds. The van der Waals surface area contributed by atoms with E-state index < -0.39 is 21.8 Å². The number of sulfonamides is 1. The Kier molecular flexibility index (Phi) is 6.31. The molecule has 3 aromatic rings. The Balaban J connectivity index is 1.41. The van der Waals surface area contributed by atoms with E-state index in [-0.39, 0.29) is 23.9 Å². The fraction of sp³-hybridized carbons (Fsp3) is 0.350. The number of hydrogen-bond donors (Lipinski definition) is 1. The zero-order valence-corrected chi connectivity index (χ0v) is 18.9. The van der Waals surface area contributed by atoms with Crippen molar-refractivity contribution in [3.63, 3.8) is 0 Å². The first-order valence-corrected chi connectivity index (χ1v) is 11.8. The number of halogens is 2. The summed E-state index contributed by atoms with van der Waals surface area (Å²) in [4.78, 5) is 12.9. The summed E-state index contributed by atoms with van der Waals surface area (Å²) < 4.78 is 43.9. The highest BCUT2D eigenvalue weighted by atomic mass is 35.5. The van der Waals surface area contributed by atoms with Gasteiger partial charge in [0, 0.05) is 43.1 Å². The molecule has 1 fully saturated rings. The summed E-state index contributed by atoms with van der Waals surface area (Å²) in [5, 5.41) is 11.1. The molecule has 0 radical (unpaired) electrons. The van der Waals surface area contributed by atoms with Gasteiger partial charge in [0.2, 0.25) is 15.9 Å². The van der Waals surface area contributed by atoms with Crippen molar-refractivity contribution in [1.82, 2.24) is 23.9 Å². The molecule has 3 heterocycles. The average Bonchev–Trinajstić information content (AvgIpc) is 3.40. The van der Waals surface area contributed by atoms with Gasteiger partial charge in [0.15, 0.2) is 0 Å². The Morgan fingerprint density at radius 3 is 2.81 bits per heavy atom. The molecule has 0 bridgehead atoms. The van der Waals surface area contributed by atoms with Crippen LogP contribution in [0.4, 0.5) is 10.1 Å². The summed E-state index contributed by atoms with van der Waals surface area (Å²) in [6.45, 7) is 0.548. The van der Waals surface area contributed by atoms with Crippen LogP contribution >= 0.6 is 11.6 Å². The maximum Gasteiger partial charge on any atom is 0.246 e. The molecule has 0 saturated carbocycles. The van der Waals surface area contributed by atoms with Crippen LogP contribution in [-0.4, -0.2) is 51.3 Å². The lowest BCUT2D eigenvalue weighted by molar-refractivity contribution is -0.120. The van der Waals surface area contributed by atoms with Crippen LogP contribution < -0.4 is 5.32 Å². The number of nitrogens with zero attached hydrogens (tertiary/aromatic N) is 5. The number of aromatic nitrogens is 4. The monoisotopic (exact) mass is 480 g/mol. The van der Waals surface area contributed by atoms with Crippen LogP contribution in [0.15, 0.2) is 47.9 Å². The maximum atomic E-state index is 14.0. The molecule has 1 aromatic carbocycles. The first kappa shape index (κ1) is 22.4. The van der Waals surface area contributed by atoms with Crippen LogP contribution in [0.2, 0.25) is 5.02 Å². The van der Waals surface area contributed by atoms with Gasteiger partial charge in [-0.25, -0.2) is 12.8 Å². The Labute approximate surface area is 189 Å². The van der Waals surface area contributed by atoms with Crippen molar-refractivity contribution in [3.8, 4) is 0 Å². The molecule has 4 rings (SSSR count). The second-order valence-electron chi connectivity index (χ2n) is 7.67. The second-order valence-corrected chi connectivity index (χ2v) is 10.0. The predicted octanol–water partition coefficient (Wildman–Crippen LogP) is 2.50. The molecule has 170 valence electrons. The maximum absolute atomic E-state index is 14.0. The SMILES string of the molecule is Cn1cc(S(=O)(=O)N2CCCC(C(=O)Nc3cnn(Cc4c(F)cccc4Cl)c3)C2)cn1. The molecule has 0 aliphatic carbocycles. The highest BCUT2D eigenvalue weighted by molar-refractivity contribution is 7.89. The molecular weight excluding hydrogens is 459 g/mol. The number of carbonyl (C=O) groups is 1. The number of piperidine rings is 1. The molecule has 1 atom stereocenters. The van der Waals surface area contributed by atoms with Crippen LogP contribution in [0.25, 0.3) is 0 Å². The standard InChI is InChI=1S/C20H22ClFN6O3S/c1-26-12-16(9-23-26)32(30,31)28-7-3-4-14(10-28)20(29)25-15-8-24-27(11-15)13-17-18(21)5-2-6-19(17)22/h2,5-6,8-9,11-12,14H,3-4,7,10,13H2,1H3,(H,25,29). The van der Waals surface area contributed by atoms with Gasteiger partial charge in [-0.15, -0.1) is 0 Å². The summed E-state index contributed by atoms with van der Waals surface area (Å²) >= 11 is 6.06. The summed E-state index contributed by atoms with van der Waals surface area (Å²) in [5.41, 5.74) is 0.744. The van der Waals surface area contributed by atoms with E-state index in [1.807, 2.05) is 0 Å². The van der Waals surface area contributed by atoms with Gasteiger partial charge in [-0.3, -0.25) is 14.2 Å². The van der Waals surface area contributed by atoms with Crippen molar-refractivity contribution in [1.29, 1.82) is 0 Å². The molecule has 12 heteroatoms. The van der Waals surface area contributed by atoms with Crippen LogP contribution in [0.5, 0.6) is 0 Å². The van der Waals surface area contributed by atoms with Gasteiger partial charge >= 0.3 is 0 Å². The number of nitrogens with one attached hydrogen (secondary N) is 1. The Bertz CT molecular complexity index is 1220. The van der Waals surface area contributed by atoms with E-state index in [1.165, 1.54) is 44.4 Å². The van der Waals surface area contributed by atoms with E-state index in [0.717, 1.165) is 0 Å². The van der Waals surface area contributed by atoms with Gasteiger partial charge in [-0.05, 0) is 25.0 Å². The summed E-state index contributed by atoms with van der Waals surface area (Å²) in [6.07, 6.45) is 6.92. The number of carbonyl (C=O) groups excluding carboxylic acids is 1. The van der Waals surface area contributed by atoms with Crippen molar-refractivity contribution >= 4 is 33.2 Å². The van der Waals surface area contributed by atoms with Gasteiger partial charge < -0.3 is 5.32 Å². The van der Waals surface area contributed by atoms with Gasteiger partial charge in [-0.1, -0.05) is 17.7 Å². The molecule has 1 saturated heterocycles. The summed E-state index contributed by atoms with van der Waals surface area (Å²) in [5.74, 6) is -1.23. The lowest BCUT2D eigenvalue weighted by atomic mass is 9.99. The second kappa shape index (κ2) is 9.00. The molecule has 9 nitrogen and oxygen atoms in total. The molecule has 1 aliphatic rings. The fourth-order valence-corrected chi connectivity index (χ4v) is 5.39. The van der Waals surface area contributed by atoms with E-state index in [2.05, 4.69) is 15.5 Å². The number of anilines is 1. The highest BCUT2D eigenvalue weighted by Crippen LogP contribution is 2.25. The smallest absolute Gasteiger partial charge is 0.246 e. The van der Waals surface area contributed by atoms with E-state index in [9.17, 15) is 17.6 Å². The Hall–Kier alpha value is -2.76. The minimum absolute atomic E-state index is 0.0853. The number of aryl methyl sites for hydroxylation is 1. The number of rotatable bonds is 6. The van der Waals surface area contributed by atoms with Gasteiger partial charge in [-0.2, -0.15) is 14.5 Å². The van der Waals surface area contributed by atoms with Crippen molar-refractivity contribution in [3.05, 3.63) is 59.4 Å². The van der Waals surface area contributed by atoms with Gasteiger partial charge in [0.1, 0.15) is 10.7 Å². The van der Waals surface area contributed by atoms with Crippen molar-refractivity contribution in [2.24, 2.45) is 13.0 Å². The number of benzene rings is 1. The molecular formula is C20H22ClFN6O3S. The molecule has 1 unspecified atom stereocenters. The Morgan fingerprint density at radius 2 is 2.09 bits per heavy atom. The van der Waals surface area contributed by atoms with Crippen molar-refractivity contribution in [2.75, 3.05) is 18.4 Å². The molecule has 32 heavy (non-hydrogen) atoms. The van der Waals surface area contributed by atoms with Crippen LogP contribution in [0.3, 0.4) is 0 Å². The fourth-order valence-electron chi connectivity index (χ4n) is 3.66. The molecule has 0 spiro atoms. The molecule has 2 aromatic heterocycles. The lowest BCUT2D eigenvalue weighted by Gasteiger charge is -2.30. The van der Waals surface area contributed by atoms with E-state index in [0.29, 0.717) is 35.7 Å². The number of amides is 1. The number of hydrogen-bond acceptors (Lipinski definition) is 5. The normalized spacial score (nSPS) is 17.4.